The Morgan fingerprint density at radius 2 is 1.62 bits per heavy atom. The van der Waals surface area contributed by atoms with Gasteiger partial charge in [-0.3, -0.25) is 9.59 Å². The Morgan fingerprint density at radius 1 is 0.938 bits per heavy atom. The van der Waals surface area contributed by atoms with Gasteiger partial charge in [0.1, 0.15) is 5.75 Å². The number of amides is 2. The van der Waals surface area contributed by atoms with E-state index < -0.39 is 11.5 Å². The van der Waals surface area contributed by atoms with Crippen molar-refractivity contribution in [3.05, 3.63) is 90.5 Å². The smallest absolute Gasteiger partial charge is 0.260 e. The molecule has 1 atom stereocenters. The van der Waals surface area contributed by atoms with Gasteiger partial charge < -0.3 is 20.1 Å². The van der Waals surface area contributed by atoms with Crippen LogP contribution < -0.4 is 10.5 Å². The first-order chi connectivity index (χ1) is 15.6. The van der Waals surface area contributed by atoms with Gasteiger partial charge in [0.25, 0.3) is 11.8 Å². The molecule has 0 spiro atoms. The summed E-state index contributed by atoms with van der Waals surface area (Å²) in [5.74, 6) is -0.169. The minimum Gasteiger partial charge on any atom is -0.484 e. The summed E-state index contributed by atoms with van der Waals surface area (Å²) in [5.41, 5.74) is 7.56. The molecule has 6 heteroatoms. The van der Waals surface area contributed by atoms with Crippen LogP contribution in [0.4, 0.5) is 0 Å². The summed E-state index contributed by atoms with van der Waals surface area (Å²) in [7, 11) is 0. The normalized spacial score (nSPS) is 18.2. The summed E-state index contributed by atoms with van der Waals surface area (Å²) in [5, 5.41) is 0. The lowest BCUT2D eigenvalue weighted by Crippen LogP contribution is -2.61. The van der Waals surface area contributed by atoms with Crippen molar-refractivity contribution in [3.8, 4) is 16.9 Å². The minimum absolute atomic E-state index is 0.0921. The van der Waals surface area contributed by atoms with Crippen LogP contribution in [0.3, 0.4) is 0 Å². The van der Waals surface area contributed by atoms with Crippen molar-refractivity contribution in [2.75, 3.05) is 26.3 Å². The number of ether oxygens (including phenoxy) is 2. The van der Waals surface area contributed by atoms with Crippen LogP contribution in [0.25, 0.3) is 11.1 Å². The molecule has 0 aliphatic carbocycles. The van der Waals surface area contributed by atoms with E-state index in [-0.39, 0.29) is 32.1 Å². The highest BCUT2D eigenvalue weighted by atomic mass is 16.5. The van der Waals surface area contributed by atoms with E-state index in [0.29, 0.717) is 12.3 Å². The van der Waals surface area contributed by atoms with E-state index in [2.05, 4.69) is 0 Å². The van der Waals surface area contributed by atoms with E-state index >= 15 is 0 Å². The van der Waals surface area contributed by atoms with Gasteiger partial charge in [0, 0.05) is 13.0 Å². The fourth-order valence-electron chi connectivity index (χ4n) is 3.91. The van der Waals surface area contributed by atoms with Gasteiger partial charge in [0.05, 0.1) is 13.2 Å². The summed E-state index contributed by atoms with van der Waals surface area (Å²) in [4.78, 5) is 26.9. The third-order valence-corrected chi connectivity index (χ3v) is 5.62. The molecule has 1 heterocycles. The van der Waals surface area contributed by atoms with E-state index in [1.165, 1.54) is 0 Å². The van der Waals surface area contributed by atoms with Crippen LogP contribution in [0.5, 0.6) is 5.75 Å². The number of hydrogen-bond acceptors (Lipinski definition) is 4. The SMILES string of the molecule is NC(=O)[C@@]1(Cc2cccc(-c3ccccc3)c2)CN(C(=O)COc2ccccc2)CCO1. The quantitative estimate of drug-likeness (QED) is 0.625. The van der Waals surface area contributed by atoms with Crippen LogP contribution >= 0.6 is 0 Å². The summed E-state index contributed by atoms with van der Waals surface area (Å²) in [6, 6.07) is 27.1. The highest BCUT2D eigenvalue weighted by Gasteiger charge is 2.43. The van der Waals surface area contributed by atoms with Crippen molar-refractivity contribution in [1.82, 2.24) is 4.90 Å². The van der Waals surface area contributed by atoms with E-state index in [1.807, 2.05) is 72.8 Å². The number of nitrogens with zero attached hydrogens (tertiary/aromatic N) is 1. The third kappa shape index (κ3) is 4.98. The maximum absolute atomic E-state index is 12.8. The highest BCUT2D eigenvalue weighted by molar-refractivity contribution is 5.86. The maximum atomic E-state index is 12.8. The standard InChI is InChI=1S/C26H26N2O4/c27-25(30)26(17-20-8-7-11-22(16-20)21-9-3-1-4-10-21)19-28(14-15-32-26)24(29)18-31-23-12-5-2-6-13-23/h1-13,16H,14-15,17-19H2,(H2,27,30)/t26-/m1/s1. The van der Waals surface area contributed by atoms with Crippen molar-refractivity contribution >= 4 is 11.8 Å². The first-order valence-electron chi connectivity index (χ1n) is 10.6. The molecule has 32 heavy (non-hydrogen) atoms. The molecule has 164 valence electrons. The van der Waals surface area contributed by atoms with Gasteiger partial charge in [-0.1, -0.05) is 72.8 Å². The number of para-hydroxylation sites is 1. The van der Waals surface area contributed by atoms with Crippen LogP contribution in [0.2, 0.25) is 0 Å². The monoisotopic (exact) mass is 430 g/mol. The van der Waals surface area contributed by atoms with Gasteiger partial charge in [0.2, 0.25) is 0 Å². The number of rotatable bonds is 7. The molecule has 6 nitrogen and oxygen atoms in total. The van der Waals surface area contributed by atoms with Crippen LogP contribution in [0.1, 0.15) is 5.56 Å². The Morgan fingerprint density at radius 3 is 2.34 bits per heavy atom. The molecule has 0 saturated carbocycles. The number of nitrogens with two attached hydrogens (primary N) is 1. The van der Waals surface area contributed by atoms with Gasteiger partial charge in [0.15, 0.2) is 12.2 Å². The maximum Gasteiger partial charge on any atom is 0.260 e. The Balaban J connectivity index is 1.48. The van der Waals surface area contributed by atoms with Crippen molar-refractivity contribution < 1.29 is 19.1 Å². The lowest BCUT2D eigenvalue weighted by Gasteiger charge is -2.40. The summed E-state index contributed by atoms with van der Waals surface area (Å²) in [6.45, 7) is 0.603. The lowest BCUT2D eigenvalue weighted by atomic mass is 9.90. The molecule has 1 saturated heterocycles. The predicted octanol–water partition coefficient (Wildman–Crippen LogP) is 3.06. The van der Waals surface area contributed by atoms with Crippen molar-refractivity contribution in [3.63, 3.8) is 0 Å². The molecule has 2 amide bonds. The number of carbonyl (C=O) groups is 2. The van der Waals surface area contributed by atoms with Crippen molar-refractivity contribution in [2.45, 2.75) is 12.0 Å². The Kier molecular flexibility index (Phi) is 6.52. The molecule has 0 bridgehead atoms. The highest BCUT2D eigenvalue weighted by Crippen LogP contribution is 2.27. The van der Waals surface area contributed by atoms with Gasteiger partial charge in [-0.2, -0.15) is 0 Å². The van der Waals surface area contributed by atoms with Crippen LogP contribution in [-0.2, 0) is 20.7 Å². The average molecular weight is 431 g/mol. The van der Waals surface area contributed by atoms with Gasteiger partial charge in [-0.15, -0.1) is 0 Å². The van der Waals surface area contributed by atoms with Crippen LogP contribution in [-0.4, -0.2) is 48.6 Å². The molecule has 1 fully saturated rings. The Bertz CT molecular complexity index is 1070. The fraction of sp³-hybridized carbons (Fsp3) is 0.231. The molecule has 3 aromatic rings. The van der Waals surface area contributed by atoms with Crippen molar-refractivity contribution in [1.29, 1.82) is 0 Å². The topological polar surface area (TPSA) is 81.9 Å². The molecule has 0 unspecified atom stereocenters. The second-order valence-electron chi connectivity index (χ2n) is 7.87. The molecule has 1 aliphatic heterocycles. The molecule has 1 aliphatic rings. The first-order valence-corrected chi connectivity index (χ1v) is 10.6. The van der Waals surface area contributed by atoms with E-state index in [9.17, 15) is 9.59 Å². The summed E-state index contributed by atoms with van der Waals surface area (Å²) >= 11 is 0. The molecule has 0 radical (unpaired) electrons. The van der Waals surface area contributed by atoms with E-state index in [4.69, 9.17) is 15.2 Å². The zero-order valence-electron chi connectivity index (χ0n) is 17.8. The number of carbonyl (C=O) groups excluding carboxylic acids is 2. The number of primary amides is 1. The van der Waals surface area contributed by atoms with E-state index in [0.717, 1.165) is 16.7 Å². The van der Waals surface area contributed by atoms with Crippen LogP contribution in [0.15, 0.2) is 84.9 Å². The molecule has 0 aromatic heterocycles. The van der Waals surface area contributed by atoms with Gasteiger partial charge >= 0.3 is 0 Å². The van der Waals surface area contributed by atoms with Crippen molar-refractivity contribution in [2.24, 2.45) is 5.73 Å². The molecular weight excluding hydrogens is 404 g/mol. The number of hydrogen-bond donors (Lipinski definition) is 1. The van der Waals surface area contributed by atoms with Gasteiger partial charge in [-0.25, -0.2) is 0 Å². The molecule has 4 rings (SSSR count). The largest absolute Gasteiger partial charge is 0.484 e. The predicted molar refractivity (Wildman–Crippen MR) is 122 cm³/mol. The summed E-state index contributed by atoms with van der Waals surface area (Å²) in [6.07, 6.45) is 0.284. The van der Waals surface area contributed by atoms with Crippen LogP contribution in [0, 0.1) is 0 Å². The zero-order chi connectivity index (χ0) is 22.4. The lowest BCUT2D eigenvalue weighted by molar-refractivity contribution is -0.164. The Labute approximate surface area is 187 Å². The minimum atomic E-state index is -1.28. The van der Waals surface area contributed by atoms with E-state index in [1.54, 1.807) is 17.0 Å². The Hall–Kier alpha value is -3.64. The fourth-order valence-corrected chi connectivity index (χ4v) is 3.91. The molecular formula is C26H26N2O4. The first kappa shape index (κ1) is 21.6. The third-order valence-electron chi connectivity index (χ3n) is 5.62. The number of morpholine rings is 1. The number of benzene rings is 3. The zero-order valence-corrected chi connectivity index (χ0v) is 17.8. The van der Waals surface area contributed by atoms with Gasteiger partial charge in [-0.05, 0) is 28.8 Å². The second-order valence-corrected chi connectivity index (χ2v) is 7.87. The molecule has 2 N–H and O–H groups in total. The molecule has 3 aromatic carbocycles. The second kappa shape index (κ2) is 9.66. The summed E-state index contributed by atoms with van der Waals surface area (Å²) < 4.78 is 11.5. The average Bonchev–Trinajstić information content (AvgIpc) is 2.84.